The van der Waals surface area contributed by atoms with Crippen LogP contribution >= 0.6 is 0 Å². The quantitative estimate of drug-likeness (QED) is 0.418. The average Bonchev–Trinajstić information content (AvgIpc) is 1.97. The number of nitrogens with two attached hydrogens (primary N) is 1. The molecule has 0 spiro atoms. The van der Waals surface area contributed by atoms with Crippen molar-refractivity contribution in [1.82, 2.24) is 0 Å². The van der Waals surface area contributed by atoms with Crippen LogP contribution in [0.5, 0.6) is 0 Å². The second-order valence-corrected chi connectivity index (χ2v) is 2.01. The van der Waals surface area contributed by atoms with Gasteiger partial charge in [-0.1, -0.05) is 0 Å². The van der Waals surface area contributed by atoms with E-state index in [1.54, 1.807) is 0 Å². The van der Waals surface area contributed by atoms with Gasteiger partial charge in [0.25, 0.3) is 0 Å². The van der Waals surface area contributed by atoms with Crippen LogP contribution < -0.4 is 5.73 Å². The Balaban J connectivity index is 2.96. The third-order valence-corrected chi connectivity index (χ3v) is 1.06. The summed E-state index contributed by atoms with van der Waals surface area (Å²) >= 11 is 0. The van der Waals surface area contributed by atoms with Crippen LogP contribution in [0, 0.1) is 5.41 Å². The zero-order valence-corrected chi connectivity index (χ0v) is 6.21. The standard InChI is InChI=1S/C7H15N3/c8-4-1-2-6-10-7-3-5-9/h4,6,8H,1-3,5,7,9H2. The molecule has 10 heavy (non-hydrogen) atoms. The molecule has 0 heterocycles. The van der Waals surface area contributed by atoms with E-state index in [-0.39, 0.29) is 0 Å². The fourth-order valence-corrected chi connectivity index (χ4v) is 0.523. The summed E-state index contributed by atoms with van der Waals surface area (Å²) in [4.78, 5) is 4.09. The van der Waals surface area contributed by atoms with E-state index in [9.17, 15) is 0 Å². The van der Waals surface area contributed by atoms with Gasteiger partial charge >= 0.3 is 0 Å². The molecule has 0 aliphatic heterocycles. The van der Waals surface area contributed by atoms with Gasteiger partial charge < -0.3 is 11.1 Å². The second-order valence-electron chi connectivity index (χ2n) is 2.01. The third-order valence-electron chi connectivity index (χ3n) is 1.06. The molecule has 0 aromatic carbocycles. The molecular formula is C7H15N3. The molecular weight excluding hydrogens is 126 g/mol. The molecule has 3 heteroatoms. The Bertz CT molecular complexity index is 99.0. The number of aliphatic imine (C=N–C) groups is 1. The molecule has 0 fully saturated rings. The molecule has 0 aliphatic carbocycles. The van der Waals surface area contributed by atoms with Gasteiger partial charge in [-0.15, -0.1) is 0 Å². The predicted molar refractivity (Wildman–Crippen MR) is 45.0 cm³/mol. The maximum Gasteiger partial charge on any atom is 0.0397 e. The number of rotatable bonds is 6. The van der Waals surface area contributed by atoms with E-state index < -0.39 is 0 Å². The highest BCUT2D eigenvalue weighted by Crippen LogP contribution is 1.81. The first-order valence-electron chi connectivity index (χ1n) is 3.59. The van der Waals surface area contributed by atoms with E-state index in [0.29, 0.717) is 6.54 Å². The third kappa shape index (κ3) is 7.30. The molecule has 0 unspecified atom stereocenters. The maximum absolute atomic E-state index is 6.71. The number of nitrogens with one attached hydrogen (secondary N) is 1. The van der Waals surface area contributed by atoms with Crippen molar-refractivity contribution in [2.24, 2.45) is 10.7 Å². The Morgan fingerprint density at radius 2 is 2.20 bits per heavy atom. The highest BCUT2D eigenvalue weighted by atomic mass is 14.7. The largest absolute Gasteiger partial charge is 0.330 e. The normalized spacial score (nSPS) is 10.5. The van der Waals surface area contributed by atoms with Crippen LogP contribution in [0.4, 0.5) is 0 Å². The lowest BCUT2D eigenvalue weighted by molar-refractivity contribution is 0.845. The van der Waals surface area contributed by atoms with Crippen molar-refractivity contribution in [2.45, 2.75) is 19.3 Å². The van der Waals surface area contributed by atoms with Gasteiger partial charge in [0.15, 0.2) is 0 Å². The molecule has 0 atom stereocenters. The number of hydrogen-bond donors (Lipinski definition) is 2. The Labute approximate surface area is 61.8 Å². The Kier molecular flexibility index (Phi) is 7.72. The summed E-state index contributed by atoms with van der Waals surface area (Å²) in [5.74, 6) is 0. The molecule has 0 bridgehead atoms. The lowest BCUT2D eigenvalue weighted by atomic mass is 10.3. The minimum absolute atomic E-state index is 0.710. The molecule has 0 saturated heterocycles. The first kappa shape index (κ1) is 9.30. The summed E-state index contributed by atoms with van der Waals surface area (Å²) in [6, 6.07) is 0. The van der Waals surface area contributed by atoms with E-state index >= 15 is 0 Å². The van der Waals surface area contributed by atoms with Crippen LogP contribution in [-0.2, 0) is 0 Å². The summed E-state index contributed by atoms with van der Waals surface area (Å²) in [5.41, 5.74) is 5.26. The molecule has 0 aromatic rings. The van der Waals surface area contributed by atoms with Crippen molar-refractivity contribution >= 4 is 12.4 Å². The molecule has 0 rings (SSSR count). The highest BCUT2D eigenvalue weighted by Gasteiger charge is 1.78. The number of hydrogen-bond acceptors (Lipinski definition) is 3. The fraction of sp³-hybridized carbons (Fsp3) is 0.714. The SMILES string of the molecule is N=CCCC=NCCCN. The minimum Gasteiger partial charge on any atom is -0.330 e. The smallest absolute Gasteiger partial charge is 0.0397 e. The van der Waals surface area contributed by atoms with Crippen LogP contribution in [0.15, 0.2) is 4.99 Å². The molecule has 58 valence electrons. The van der Waals surface area contributed by atoms with Gasteiger partial charge in [0.2, 0.25) is 0 Å². The van der Waals surface area contributed by atoms with E-state index in [4.69, 9.17) is 11.1 Å². The van der Waals surface area contributed by atoms with E-state index in [1.807, 2.05) is 6.21 Å². The van der Waals surface area contributed by atoms with Gasteiger partial charge in [0, 0.05) is 6.54 Å². The Morgan fingerprint density at radius 1 is 1.40 bits per heavy atom. The zero-order chi connectivity index (χ0) is 7.66. The second kappa shape index (κ2) is 8.30. The van der Waals surface area contributed by atoms with E-state index in [0.717, 1.165) is 25.8 Å². The van der Waals surface area contributed by atoms with Crippen LogP contribution in [0.2, 0.25) is 0 Å². The summed E-state index contributed by atoms with van der Waals surface area (Å²) in [6.07, 6.45) is 5.90. The minimum atomic E-state index is 0.710. The van der Waals surface area contributed by atoms with E-state index in [2.05, 4.69) is 4.99 Å². The monoisotopic (exact) mass is 141 g/mol. The summed E-state index contributed by atoms with van der Waals surface area (Å²) in [7, 11) is 0. The average molecular weight is 141 g/mol. The lowest BCUT2D eigenvalue weighted by Crippen LogP contribution is -1.99. The molecule has 3 nitrogen and oxygen atoms in total. The van der Waals surface area contributed by atoms with Crippen molar-refractivity contribution in [3.05, 3.63) is 0 Å². The van der Waals surface area contributed by atoms with Crippen LogP contribution in [-0.4, -0.2) is 25.5 Å². The highest BCUT2D eigenvalue weighted by molar-refractivity contribution is 5.64. The number of nitrogens with zero attached hydrogens (tertiary/aromatic N) is 1. The van der Waals surface area contributed by atoms with Crippen LogP contribution in [0.25, 0.3) is 0 Å². The lowest BCUT2D eigenvalue weighted by Gasteiger charge is -1.88. The molecule has 0 saturated carbocycles. The van der Waals surface area contributed by atoms with Gasteiger partial charge in [0.05, 0.1) is 0 Å². The van der Waals surface area contributed by atoms with Crippen molar-refractivity contribution in [3.63, 3.8) is 0 Å². The van der Waals surface area contributed by atoms with Gasteiger partial charge in [0.1, 0.15) is 0 Å². The molecule has 0 aromatic heterocycles. The van der Waals surface area contributed by atoms with Crippen molar-refractivity contribution in [2.75, 3.05) is 13.1 Å². The first-order chi connectivity index (χ1) is 4.91. The molecule has 0 radical (unpaired) electrons. The van der Waals surface area contributed by atoms with Gasteiger partial charge in [-0.2, -0.15) is 0 Å². The van der Waals surface area contributed by atoms with Crippen molar-refractivity contribution in [1.29, 1.82) is 5.41 Å². The topological polar surface area (TPSA) is 62.2 Å². The van der Waals surface area contributed by atoms with E-state index in [1.165, 1.54) is 6.21 Å². The van der Waals surface area contributed by atoms with Crippen molar-refractivity contribution < 1.29 is 0 Å². The maximum atomic E-state index is 6.71. The zero-order valence-electron chi connectivity index (χ0n) is 6.21. The Hall–Kier alpha value is -0.700. The van der Waals surface area contributed by atoms with Gasteiger partial charge in [-0.05, 0) is 38.2 Å². The fourth-order valence-electron chi connectivity index (χ4n) is 0.523. The van der Waals surface area contributed by atoms with Crippen LogP contribution in [0.3, 0.4) is 0 Å². The molecule has 0 amide bonds. The van der Waals surface area contributed by atoms with Crippen molar-refractivity contribution in [3.8, 4) is 0 Å². The first-order valence-corrected chi connectivity index (χ1v) is 3.59. The van der Waals surface area contributed by atoms with Crippen LogP contribution in [0.1, 0.15) is 19.3 Å². The van der Waals surface area contributed by atoms with Gasteiger partial charge in [-0.25, -0.2) is 0 Å². The van der Waals surface area contributed by atoms with Gasteiger partial charge in [-0.3, -0.25) is 4.99 Å². The summed E-state index contributed by atoms with van der Waals surface area (Å²) in [6.45, 7) is 1.54. The summed E-state index contributed by atoms with van der Waals surface area (Å²) in [5, 5.41) is 6.71. The Morgan fingerprint density at radius 3 is 2.80 bits per heavy atom. The molecule has 0 aliphatic rings. The summed E-state index contributed by atoms with van der Waals surface area (Å²) < 4.78 is 0. The predicted octanol–water partition coefficient (Wildman–Crippen LogP) is 0.836. The molecule has 3 N–H and O–H groups in total. The number of unbranched alkanes of at least 4 members (excludes halogenated alkanes) is 1.